The molecule has 212 valence electrons. The summed E-state index contributed by atoms with van der Waals surface area (Å²) in [5.41, 5.74) is 2.11. The van der Waals surface area contributed by atoms with Gasteiger partial charge in [-0.2, -0.15) is 0 Å². The zero-order valence-corrected chi connectivity index (χ0v) is 23.3. The predicted molar refractivity (Wildman–Crippen MR) is 148 cm³/mol. The highest BCUT2D eigenvalue weighted by Gasteiger charge is 2.43. The van der Waals surface area contributed by atoms with E-state index in [0.717, 1.165) is 13.1 Å². The van der Waals surface area contributed by atoms with Crippen LogP contribution in [0.25, 0.3) is 0 Å². The van der Waals surface area contributed by atoms with E-state index < -0.39 is 28.4 Å². The normalized spacial score (nSPS) is 21.2. The Labute approximate surface area is 233 Å². The molecule has 40 heavy (non-hydrogen) atoms. The summed E-state index contributed by atoms with van der Waals surface area (Å²) in [4.78, 5) is 40.5. The van der Waals surface area contributed by atoms with Gasteiger partial charge in [-0.05, 0) is 31.9 Å². The van der Waals surface area contributed by atoms with E-state index in [9.17, 15) is 19.7 Å². The van der Waals surface area contributed by atoms with E-state index in [1.54, 1.807) is 19.9 Å². The van der Waals surface area contributed by atoms with E-state index in [4.69, 9.17) is 14.2 Å². The number of esters is 2. The summed E-state index contributed by atoms with van der Waals surface area (Å²) in [5.74, 6) is -2.15. The number of ether oxygens (including phenoxy) is 3. The van der Waals surface area contributed by atoms with Gasteiger partial charge in [-0.15, -0.1) is 0 Å². The van der Waals surface area contributed by atoms with Crippen LogP contribution in [0, 0.1) is 10.1 Å². The monoisotopic (exact) mass is 549 g/mol. The van der Waals surface area contributed by atoms with Gasteiger partial charge in [0, 0.05) is 56.7 Å². The van der Waals surface area contributed by atoms with Crippen molar-refractivity contribution in [3.05, 3.63) is 98.4 Å². The molecule has 1 saturated heterocycles. The molecule has 10 nitrogen and oxygen atoms in total. The molecule has 2 heterocycles. The molecule has 0 aromatic heterocycles. The molecule has 2 aromatic rings. The van der Waals surface area contributed by atoms with E-state index >= 15 is 0 Å². The molecule has 0 unspecified atom stereocenters. The lowest BCUT2D eigenvalue weighted by Crippen LogP contribution is -2.39. The average Bonchev–Trinajstić information content (AvgIpc) is 3.28. The Morgan fingerprint density at radius 1 is 1.05 bits per heavy atom. The molecule has 0 spiro atoms. The van der Waals surface area contributed by atoms with E-state index in [2.05, 4.69) is 22.3 Å². The standard InChI is InChI=1S/C30H35N3O7/c1-20-25(28(34)39-16-15-38-4)27(23-11-8-12-24(17-23)33(36)37)26(21(2)31-20)29(35)40-30(3)13-14-32(19-30)18-22-9-6-5-7-10-22/h5-12,17,27,31H,13-16,18-19H2,1-4H3/t27-,30+/m1/s1. The van der Waals surface area contributed by atoms with Crippen LogP contribution in [-0.2, 0) is 30.3 Å². The minimum Gasteiger partial charge on any atom is -0.460 e. The van der Waals surface area contributed by atoms with E-state index in [-0.39, 0.29) is 30.0 Å². The smallest absolute Gasteiger partial charge is 0.337 e. The summed E-state index contributed by atoms with van der Waals surface area (Å²) < 4.78 is 16.6. The van der Waals surface area contributed by atoms with Crippen LogP contribution in [0.2, 0.25) is 0 Å². The molecular weight excluding hydrogens is 514 g/mol. The number of nitrogens with zero attached hydrogens (tertiary/aromatic N) is 2. The first-order valence-corrected chi connectivity index (χ1v) is 13.2. The molecule has 4 rings (SSSR count). The van der Waals surface area contributed by atoms with Crippen LogP contribution >= 0.6 is 0 Å². The first-order chi connectivity index (χ1) is 19.1. The minimum atomic E-state index is -0.922. The summed E-state index contributed by atoms with van der Waals surface area (Å²) in [7, 11) is 1.50. The summed E-state index contributed by atoms with van der Waals surface area (Å²) in [6.07, 6.45) is 0.646. The SMILES string of the molecule is COCCOC(=O)C1=C(C)NC(C)=C(C(=O)O[C@@]2(C)CCN(Cc3ccccc3)C2)[C@@H]1c1cccc([N+](=O)[O-])c1. The van der Waals surface area contributed by atoms with Crippen LogP contribution in [0.15, 0.2) is 77.1 Å². The van der Waals surface area contributed by atoms with Crippen molar-refractivity contribution in [1.82, 2.24) is 10.2 Å². The van der Waals surface area contributed by atoms with Gasteiger partial charge in [0.1, 0.15) is 12.2 Å². The number of nitrogens with one attached hydrogen (secondary N) is 1. The van der Waals surface area contributed by atoms with Crippen molar-refractivity contribution >= 4 is 17.6 Å². The Balaban J connectivity index is 1.64. The number of likely N-dealkylation sites (tertiary alicyclic amines) is 1. The molecule has 2 atom stereocenters. The van der Waals surface area contributed by atoms with Crippen LogP contribution in [-0.4, -0.2) is 60.8 Å². The first kappa shape index (κ1) is 29.0. The topological polar surface area (TPSA) is 120 Å². The van der Waals surface area contributed by atoms with E-state index in [1.807, 2.05) is 25.1 Å². The molecule has 2 aromatic carbocycles. The van der Waals surface area contributed by atoms with Crippen LogP contribution in [0.4, 0.5) is 5.69 Å². The lowest BCUT2D eigenvalue weighted by atomic mass is 9.80. The van der Waals surface area contributed by atoms with Gasteiger partial charge in [0.15, 0.2) is 0 Å². The molecule has 2 aliphatic rings. The second-order valence-electron chi connectivity index (χ2n) is 10.4. The minimum absolute atomic E-state index is 0.0194. The number of carbonyl (C=O) groups excluding carboxylic acids is 2. The van der Waals surface area contributed by atoms with Gasteiger partial charge in [0.25, 0.3) is 5.69 Å². The Hall–Kier alpha value is -4.02. The third kappa shape index (κ3) is 6.57. The molecule has 0 bridgehead atoms. The van der Waals surface area contributed by atoms with E-state index in [0.29, 0.717) is 29.9 Å². The third-order valence-corrected chi connectivity index (χ3v) is 7.24. The van der Waals surface area contributed by atoms with Crippen molar-refractivity contribution in [2.45, 2.75) is 45.3 Å². The summed E-state index contributed by atoms with van der Waals surface area (Å²) in [5, 5.41) is 14.7. The van der Waals surface area contributed by atoms with E-state index in [1.165, 1.54) is 30.9 Å². The zero-order chi connectivity index (χ0) is 28.9. The maximum Gasteiger partial charge on any atom is 0.337 e. The quantitative estimate of drug-likeness (QED) is 0.201. The number of nitro groups is 1. The van der Waals surface area contributed by atoms with Gasteiger partial charge in [0.05, 0.1) is 28.6 Å². The van der Waals surface area contributed by atoms with Gasteiger partial charge in [-0.3, -0.25) is 15.0 Å². The number of dihydropyridines is 1. The Morgan fingerprint density at radius 2 is 1.75 bits per heavy atom. The van der Waals surface area contributed by atoms with Crippen LogP contribution in [0.5, 0.6) is 0 Å². The lowest BCUT2D eigenvalue weighted by Gasteiger charge is -2.33. The van der Waals surface area contributed by atoms with Crippen molar-refractivity contribution in [3.8, 4) is 0 Å². The fraction of sp³-hybridized carbons (Fsp3) is 0.400. The number of hydrogen-bond acceptors (Lipinski definition) is 9. The van der Waals surface area contributed by atoms with Gasteiger partial charge < -0.3 is 19.5 Å². The molecule has 0 aliphatic carbocycles. The maximum absolute atomic E-state index is 13.9. The number of nitro benzene ring substituents is 1. The van der Waals surface area contributed by atoms with Gasteiger partial charge in [-0.1, -0.05) is 42.5 Å². The number of carbonyl (C=O) groups is 2. The van der Waals surface area contributed by atoms with Crippen LogP contribution < -0.4 is 5.32 Å². The fourth-order valence-corrected chi connectivity index (χ4v) is 5.35. The van der Waals surface area contributed by atoms with Crippen molar-refractivity contribution < 1.29 is 28.7 Å². The molecule has 1 N–H and O–H groups in total. The molecule has 0 amide bonds. The molecule has 0 radical (unpaired) electrons. The van der Waals surface area contributed by atoms with Crippen molar-refractivity contribution in [2.24, 2.45) is 0 Å². The van der Waals surface area contributed by atoms with Crippen LogP contribution in [0.3, 0.4) is 0 Å². The van der Waals surface area contributed by atoms with Crippen molar-refractivity contribution in [2.75, 3.05) is 33.4 Å². The molecule has 2 aliphatic heterocycles. The van der Waals surface area contributed by atoms with Gasteiger partial charge in [-0.25, -0.2) is 9.59 Å². The highest BCUT2D eigenvalue weighted by atomic mass is 16.6. The Bertz CT molecular complexity index is 1340. The predicted octanol–water partition coefficient (Wildman–Crippen LogP) is 4.23. The average molecular weight is 550 g/mol. The third-order valence-electron chi connectivity index (χ3n) is 7.24. The van der Waals surface area contributed by atoms with Crippen molar-refractivity contribution in [3.63, 3.8) is 0 Å². The maximum atomic E-state index is 13.9. The number of hydrogen-bond donors (Lipinski definition) is 1. The molecule has 0 saturated carbocycles. The first-order valence-electron chi connectivity index (χ1n) is 13.2. The summed E-state index contributed by atoms with van der Waals surface area (Å²) >= 11 is 0. The largest absolute Gasteiger partial charge is 0.460 e. The second-order valence-corrected chi connectivity index (χ2v) is 10.4. The Kier molecular flexibility index (Phi) is 9.01. The zero-order valence-electron chi connectivity index (χ0n) is 23.3. The highest BCUT2D eigenvalue weighted by molar-refractivity contribution is 6.00. The second kappa shape index (κ2) is 12.4. The summed E-state index contributed by atoms with van der Waals surface area (Å²) in [6.45, 7) is 7.63. The number of methoxy groups -OCH3 is 1. The number of rotatable bonds is 10. The Morgan fingerprint density at radius 3 is 2.42 bits per heavy atom. The number of allylic oxidation sites excluding steroid dienone is 2. The number of non-ortho nitro benzene ring substituents is 1. The summed E-state index contributed by atoms with van der Waals surface area (Å²) in [6, 6.07) is 16.1. The van der Waals surface area contributed by atoms with Crippen molar-refractivity contribution in [1.29, 1.82) is 0 Å². The number of benzene rings is 2. The molecular formula is C30H35N3O7. The highest BCUT2D eigenvalue weighted by Crippen LogP contribution is 2.41. The van der Waals surface area contributed by atoms with Gasteiger partial charge >= 0.3 is 11.9 Å². The lowest BCUT2D eigenvalue weighted by molar-refractivity contribution is -0.384. The van der Waals surface area contributed by atoms with Gasteiger partial charge in [0.2, 0.25) is 0 Å². The molecule has 10 heteroatoms. The molecule has 1 fully saturated rings. The fourth-order valence-electron chi connectivity index (χ4n) is 5.35. The van der Waals surface area contributed by atoms with Crippen LogP contribution in [0.1, 0.15) is 44.2 Å².